The summed E-state index contributed by atoms with van der Waals surface area (Å²) in [5, 5.41) is 10.2. The number of furan rings is 1. The Morgan fingerprint density at radius 3 is 2.56 bits per heavy atom. The highest BCUT2D eigenvalue weighted by molar-refractivity contribution is 6.03. The molecule has 124 valence electrons. The second kappa shape index (κ2) is 6.08. The fourth-order valence-corrected chi connectivity index (χ4v) is 2.22. The van der Waals surface area contributed by atoms with Gasteiger partial charge in [-0.05, 0) is 43.3 Å². The number of aromatic nitrogens is 3. The van der Waals surface area contributed by atoms with Gasteiger partial charge in [0.05, 0.1) is 6.26 Å². The SMILES string of the molecule is Cc1noc(-c2ccc(NC(=O)c3cc(-c4ccco4)on3)cc2)n1. The van der Waals surface area contributed by atoms with E-state index in [1.807, 2.05) is 0 Å². The van der Waals surface area contributed by atoms with Gasteiger partial charge < -0.3 is 18.8 Å². The second-order valence-corrected chi connectivity index (χ2v) is 5.23. The van der Waals surface area contributed by atoms with Gasteiger partial charge in [-0.25, -0.2) is 0 Å². The van der Waals surface area contributed by atoms with Gasteiger partial charge in [0.2, 0.25) is 5.76 Å². The Balaban J connectivity index is 1.47. The molecule has 0 aliphatic carbocycles. The summed E-state index contributed by atoms with van der Waals surface area (Å²) in [4.78, 5) is 16.4. The summed E-state index contributed by atoms with van der Waals surface area (Å²) in [5.41, 5.74) is 1.52. The fourth-order valence-electron chi connectivity index (χ4n) is 2.22. The largest absolute Gasteiger partial charge is 0.461 e. The molecule has 8 nitrogen and oxygen atoms in total. The Labute approximate surface area is 141 Å². The number of nitrogens with one attached hydrogen (secondary N) is 1. The molecule has 0 bridgehead atoms. The first-order chi connectivity index (χ1) is 12.2. The lowest BCUT2D eigenvalue weighted by molar-refractivity contribution is 0.101. The quantitative estimate of drug-likeness (QED) is 0.607. The highest BCUT2D eigenvalue weighted by Gasteiger charge is 2.15. The summed E-state index contributed by atoms with van der Waals surface area (Å²) in [6, 6.07) is 12.0. The lowest BCUT2D eigenvalue weighted by Gasteiger charge is -2.03. The third kappa shape index (κ3) is 3.05. The molecule has 1 amide bonds. The summed E-state index contributed by atoms with van der Waals surface area (Å²) in [7, 11) is 0. The summed E-state index contributed by atoms with van der Waals surface area (Å²) >= 11 is 0. The first-order valence-electron chi connectivity index (χ1n) is 7.42. The van der Waals surface area contributed by atoms with Gasteiger partial charge in [0, 0.05) is 17.3 Å². The van der Waals surface area contributed by atoms with E-state index >= 15 is 0 Å². The molecule has 0 saturated carbocycles. The number of hydrogen-bond donors (Lipinski definition) is 1. The third-order valence-corrected chi connectivity index (χ3v) is 3.42. The average molecular weight is 336 g/mol. The second-order valence-electron chi connectivity index (χ2n) is 5.23. The van der Waals surface area contributed by atoms with Crippen molar-refractivity contribution in [2.45, 2.75) is 6.92 Å². The molecular formula is C17H12N4O4. The number of carbonyl (C=O) groups is 1. The minimum Gasteiger partial charge on any atom is -0.461 e. The van der Waals surface area contributed by atoms with Crippen LogP contribution in [0.1, 0.15) is 16.3 Å². The first-order valence-corrected chi connectivity index (χ1v) is 7.42. The van der Waals surface area contributed by atoms with Gasteiger partial charge in [0.1, 0.15) is 0 Å². The van der Waals surface area contributed by atoms with Crippen molar-refractivity contribution in [3.05, 3.63) is 60.2 Å². The van der Waals surface area contributed by atoms with E-state index in [1.54, 1.807) is 43.3 Å². The topological polar surface area (TPSA) is 107 Å². The maximum absolute atomic E-state index is 12.3. The number of benzene rings is 1. The molecule has 0 saturated heterocycles. The van der Waals surface area contributed by atoms with Crippen molar-refractivity contribution in [2.24, 2.45) is 0 Å². The Hall–Kier alpha value is -3.68. The van der Waals surface area contributed by atoms with E-state index in [1.165, 1.54) is 12.3 Å². The van der Waals surface area contributed by atoms with Crippen molar-refractivity contribution in [3.63, 3.8) is 0 Å². The summed E-state index contributed by atoms with van der Waals surface area (Å²) in [6.07, 6.45) is 1.52. The van der Waals surface area contributed by atoms with Crippen LogP contribution in [0, 0.1) is 6.92 Å². The molecule has 3 heterocycles. The zero-order valence-electron chi connectivity index (χ0n) is 13.1. The lowest BCUT2D eigenvalue weighted by Crippen LogP contribution is -2.11. The number of rotatable bonds is 4. The van der Waals surface area contributed by atoms with Crippen LogP contribution >= 0.6 is 0 Å². The van der Waals surface area contributed by atoms with Crippen molar-refractivity contribution in [1.29, 1.82) is 0 Å². The van der Waals surface area contributed by atoms with Crippen LogP contribution in [0.25, 0.3) is 23.0 Å². The Morgan fingerprint density at radius 1 is 1.04 bits per heavy atom. The molecular weight excluding hydrogens is 324 g/mol. The highest BCUT2D eigenvalue weighted by Crippen LogP contribution is 2.22. The van der Waals surface area contributed by atoms with Crippen LogP contribution in [0.5, 0.6) is 0 Å². The van der Waals surface area contributed by atoms with Gasteiger partial charge >= 0.3 is 0 Å². The summed E-state index contributed by atoms with van der Waals surface area (Å²) in [5.74, 6) is 1.49. The molecule has 25 heavy (non-hydrogen) atoms. The van der Waals surface area contributed by atoms with E-state index in [-0.39, 0.29) is 11.6 Å². The van der Waals surface area contributed by atoms with E-state index in [2.05, 4.69) is 20.6 Å². The number of carbonyl (C=O) groups excluding carboxylic acids is 1. The molecule has 0 aliphatic rings. The van der Waals surface area contributed by atoms with Gasteiger partial charge in [-0.1, -0.05) is 10.3 Å². The van der Waals surface area contributed by atoms with Gasteiger partial charge in [-0.3, -0.25) is 4.79 Å². The zero-order valence-corrected chi connectivity index (χ0v) is 13.1. The van der Waals surface area contributed by atoms with Gasteiger partial charge in [-0.2, -0.15) is 4.98 Å². The minimum atomic E-state index is -0.386. The van der Waals surface area contributed by atoms with Crippen molar-refractivity contribution in [3.8, 4) is 23.0 Å². The van der Waals surface area contributed by atoms with E-state index in [9.17, 15) is 4.79 Å². The maximum Gasteiger partial charge on any atom is 0.277 e. The number of aryl methyl sites for hydroxylation is 1. The Bertz CT molecular complexity index is 1000. The molecule has 3 aromatic heterocycles. The van der Waals surface area contributed by atoms with E-state index in [0.29, 0.717) is 28.9 Å². The normalized spacial score (nSPS) is 10.8. The van der Waals surface area contributed by atoms with Gasteiger partial charge in [-0.15, -0.1) is 0 Å². The maximum atomic E-state index is 12.3. The highest BCUT2D eigenvalue weighted by atomic mass is 16.5. The average Bonchev–Trinajstić information content (AvgIpc) is 3.36. The molecule has 1 aromatic carbocycles. The van der Waals surface area contributed by atoms with E-state index in [4.69, 9.17) is 13.5 Å². The molecule has 0 aliphatic heterocycles. The van der Waals surface area contributed by atoms with Gasteiger partial charge in [0.15, 0.2) is 17.3 Å². The fraction of sp³-hybridized carbons (Fsp3) is 0.0588. The minimum absolute atomic E-state index is 0.156. The van der Waals surface area contributed by atoms with E-state index in [0.717, 1.165) is 5.56 Å². The number of amides is 1. The van der Waals surface area contributed by atoms with Crippen LogP contribution in [0.3, 0.4) is 0 Å². The molecule has 0 atom stereocenters. The molecule has 8 heteroatoms. The van der Waals surface area contributed by atoms with E-state index < -0.39 is 0 Å². The lowest BCUT2D eigenvalue weighted by atomic mass is 10.2. The standard InChI is InChI=1S/C17H12N4O4/c1-10-18-17(25-20-10)11-4-6-12(7-5-11)19-16(22)13-9-15(24-21-13)14-3-2-8-23-14/h2-9H,1H3,(H,19,22). The van der Waals surface area contributed by atoms with Crippen LogP contribution < -0.4 is 5.32 Å². The predicted molar refractivity (Wildman–Crippen MR) is 86.6 cm³/mol. The van der Waals surface area contributed by atoms with Gasteiger partial charge in [0.25, 0.3) is 11.8 Å². The Kier molecular flexibility index (Phi) is 3.62. The third-order valence-electron chi connectivity index (χ3n) is 3.42. The van der Waals surface area contributed by atoms with Crippen LogP contribution in [0.4, 0.5) is 5.69 Å². The van der Waals surface area contributed by atoms with Crippen molar-refractivity contribution >= 4 is 11.6 Å². The smallest absolute Gasteiger partial charge is 0.277 e. The monoisotopic (exact) mass is 336 g/mol. The number of anilines is 1. The summed E-state index contributed by atoms with van der Waals surface area (Å²) < 4.78 is 15.4. The molecule has 0 unspecified atom stereocenters. The van der Waals surface area contributed by atoms with Crippen LogP contribution in [0.15, 0.2) is 62.2 Å². The zero-order chi connectivity index (χ0) is 17.2. The Morgan fingerprint density at radius 2 is 1.88 bits per heavy atom. The molecule has 1 N–H and O–H groups in total. The van der Waals surface area contributed by atoms with Crippen molar-refractivity contribution in [1.82, 2.24) is 15.3 Å². The molecule has 0 spiro atoms. The van der Waals surface area contributed by atoms with Crippen LogP contribution in [-0.4, -0.2) is 21.2 Å². The number of hydrogen-bond acceptors (Lipinski definition) is 7. The van der Waals surface area contributed by atoms with Crippen LogP contribution in [0.2, 0.25) is 0 Å². The summed E-state index contributed by atoms with van der Waals surface area (Å²) in [6.45, 7) is 1.75. The first kappa shape index (κ1) is 14.9. The molecule has 4 rings (SSSR count). The molecule has 0 fully saturated rings. The number of nitrogens with zero attached hydrogens (tertiary/aromatic N) is 3. The van der Waals surface area contributed by atoms with Crippen molar-refractivity contribution < 1.29 is 18.3 Å². The molecule has 0 radical (unpaired) electrons. The van der Waals surface area contributed by atoms with Crippen LogP contribution in [-0.2, 0) is 0 Å². The predicted octanol–water partition coefficient (Wildman–Crippen LogP) is 3.55. The molecule has 4 aromatic rings. The van der Waals surface area contributed by atoms with Crippen molar-refractivity contribution in [2.75, 3.05) is 5.32 Å².